The van der Waals surface area contributed by atoms with Crippen LogP contribution in [0.25, 0.3) is 0 Å². The molecule has 0 unspecified atom stereocenters. The van der Waals surface area contributed by atoms with Crippen LogP contribution in [-0.2, 0) is 23.7 Å². The summed E-state index contributed by atoms with van der Waals surface area (Å²) >= 11 is 0. The van der Waals surface area contributed by atoms with Gasteiger partial charge in [0.15, 0.2) is 0 Å². The van der Waals surface area contributed by atoms with E-state index in [1.165, 1.54) is 0 Å². The number of carbonyl (C=O) groups excluding carboxylic acids is 1. The van der Waals surface area contributed by atoms with E-state index in [9.17, 15) is 9.90 Å². The maximum absolute atomic E-state index is 12.5. The van der Waals surface area contributed by atoms with Crippen molar-refractivity contribution in [1.29, 1.82) is 0 Å². The first-order valence-electron chi connectivity index (χ1n) is 11.4. The van der Waals surface area contributed by atoms with Gasteiger partial charge in [0, 0.05) is 19.2 Å². The lowest BCUT2D eigenvalue weighted by atomic mass is 10.1. The molecule has 2 aliphatic heterocycles. The Morgan fingerprint density at radius 3 is 2.67 bits per heavy atom. The second kappa shape index (κ2) is 11.2. The van der Waals surface area contributed by atoms with Gasteiger partial charge in [0.05, 0.1) is 25.4 Å². The molecule has 1 N–H and O–H groups in total. The summed E-state index contributed by atoms with van der Waals surface area (Å²) in [6.45, 7) is 7.88. The Morgan fingerprint density at radius 1 is 1.21 bits per heavy atom. The predicted molar refractivity (Wildman–Crippen MR) is 123 cm³/mol. The van der Waals surface area contributed by atoms with Crippen molar-refractivity contribution in [3.05, 3.63) is 23.8 Å². The number of likely N-dealkylation sites (tertiary alicyclic amines) is 1. The van der Waals surface area contributed by atoms with Gasteiger partial charge in [0.1, 0.15) is 42.4 Å². The summed E-state index contributed by atoms with van der Waals surface area (Å²) in [7, 11) is 3.56. The molecule has 0 amide bonds. The van der Waals surface area contributed by atoms with Crippen LogP contribution in [0, 0.1) is 0 Å². The lowest BCUT2D eigenvalue weighted by Gasteiger charge is -2.29. The number of aromatic hydroxyl groups is 1. The topological polar surface area (TPSA) is 99.0 Å². The molecule has 1 saturated heterocycles. The molecule has 0 radical (unpaired) electrons. The van der Waals surface area contributed by atoms with E-state index in [0.717, 1.165) is 12.8 Å². The first kappa shape index (κ1) is 25.3. The van der Waals surface area contributed by atoms with Crippen LogP contribution in [0.2, 0.25) is 0 Å². The minimum absolute atomic E-state index is 0.0404. The number of rotatable bonds is 10. The molecule has 1 aromatic rings. The van der Waals surface area contributed by atoms with Crippen LogP contribution in [0.5, 0.6) is 11.5 Å². The molecule has 1 fully saturated rings. The van der Waals surface area contributed by atoms with E-state index in [-0.39, 0.29) is 29.8 Å². The third kappa shape index (κ3) is 6.82. The summed E-state index contributed by atoms with van der Waals surface area (Å²) in [5.41, 5.74) is 0.00735. The molecular formula is C24H36N2O7. The molecule has 0 bridgehead atoms. The summed E-state index contributed by atoms with van der Waals surface area (Å²) in [4.78, 5) is 19.3. The minimum atomic E-state index is -0.512. The number of methoxy groups -OCH3 is 1. The second-order valence-corrected chi connectivity index (χ2v) is 9.30. The molecule has 9 heteroatoms. The monoisotopic (exact) mass is 464 g/mol. The highest BCUT2D eigenvalue weighted by Crippen LogP contribution is 2.32. The summed E-state index contributed by atoms with van der Waals surface area (Å²) in [6.07, 6.45) is 1.56. The summed E-state index contributed by atoms with van der Waals surface area (Å²) in [5, 5.41) is 10.5. The smallest absolute Gasteiger partial charge is 0.323 e. The van der Waals surface area contributed by atoms with E-state index in [0.29, 0.717) is 50.2 Å². The molecule has 184 valence electrons. The standard InChI is InChI=1S/C24H36N2O7/c1-24(2,3)33-23(28)20-9-8-19(26(20)4)18-15-32-22(25-18)17-7-6-16(14-21(17)27)31-13-12-30-11-10-29-5/h6-7,14,18-20,27H,8-13,15H2,1-5H3/t18-,19-,20+/m0/s1. The Morgan fingerprint density at radius 2 is 1.97 bits per heavy atom. The van der Waals surface area contributed by atoms with Crippen LogP contribution < -0.4 is 4.74 Å². The molecule has 2 aliphatic rings. The summed E-state index contributed by atoms with van der Waals surface area (Å²) < 4.78 is 27.3. The minimum Gasteiger partial charge on any atom is -0.507 e. The van der Waals surface area contributed by atoms with Gasteiger partial charge >= 0.3 is 5.97 Å². The van der Waals surface area contributed by atoms with E-state index in [4.69, 9.17) is 28.7 Å². The first-order chi connectivity index (χ1) is 15.7. The van der Waals surface area contributed by atoms with Crippen molar-refractivity contribution in [3.63, 3.8) is 0 Å². The lowest BCUT2D eigenvalue weighted by Crippen LogP contribution is -2.45. The van der Waals surface area contributed by atoms with Crippen molar-refractivity contribution < 1.29 is 33.6 Å². The number of phenols is 1. The molecule has 0 aromatic heterocycles. The fraction of sp³-hybridized carbons (Fsp3) is 0.667. The highest BCUT2D eigenvalue weighted by atomic mass is 16.6. The van der Waals surface area contributed by atoms with Crippen LogP contribution >= 0.6 is 0 Å². The molecule has 3 rings (SSSR count). The number of carbonyl (C=O) groups is 1. The first-order valence-corrected chi connectivity index (χ1v) is 11.4. The number of aliphatic imine (C=N–C) groups is 1. The zero-order valence-electron chi connectivity index (χ0n) is 20.2. The zero-order valence-corrected chi connectivity index (χ0v) is 20.2. The Labute approximate surface area is 195 Å². The third-order valence-electron chi connectivity index (χ3n) is 5.68. The maximum atomic E-state index is 12.5. The predicted octanol–water partition coefficient (Wildman–Crippen LogP) is 2.38. The van der Waals surface area contributed by atoms with E-state index in [1.807, 2.05) is 32.7 Å². The van der Waals surface area contributed by atoms with E-state index >= 15 is 0 Å². The van der Waals surface area contributed by atoms with Crippen molar-refractivity contribution in [2.75, 3.05) is 47.2 Å². The molecule has 9 nitrogen and oxygen atoms in total. The summed E-state index contributed by atoms with van der Waals surface area (Å²) in [6, 6.07) is 4.73. The normalized spacial score (nSPS) is 23.3. The number of benzene rings is 1. The van der Waals surface area contributed by atoms with Crippen molar-refractivity contribution in [3.8, 4) is 11.5 Å². The van der Waals surface area contributed by atoms with Crippen LogP contribution in [-0.4, -0.2) is 92.8 Å². The Hall–Kier alpha value is -2.36. The highest BCUT2D eigenvalue weighted by molar-refractivity contribution is 5.98. The average Bonchev–Trinajstić information content (AvgIpc) is 3.36. The molecule has 0 aliphatic carbocycles. The molecule has 33 heavy (non-hydrogen) atoms. The van der Waals surface area contributed by atoms with Gasteiger partial charge in [-0.05, 0) is 52.8 Å². The van der Waals surface area contributed by atoms with Gasteiger partial charge in [-0.2, -0.15) is 0 Å². The Bertz CT molecular complexity index is 837. The number of likely N-dealkylation sites (N-methyl/N-ethyl adjacent to an activating group) is 1. The van der Waals surface area contributed by atoms with Crippen LogP contribution in [0.1, 0.15) is 39.2 Å². The van der Waals surface area contributed by atoms with Gasteiger partial charge < -0.3 is 28.8 Å². The fourth-order valence-electron chi connectivity index (χ4n) is 4.06. The van der Waals surface area contributed by atoms with Gasteiger partial charge in [-0.3, -0.25) is 9.69 Å². The van der Waals surface area contributed by atoms with E-state index in [1.54, 1.807) is 25.3 Å². The maximum Gasteiger partial charge on any atom is 0.323 e. The number of phenolic OH excluding ortho intramolecular Hbond substituents is 1. The fourth-order valence-corrected chi connectivity index (χ4v) is 4.06. The largest absolute Gasteiger partial charge is 0.507 e. The van der Waals surface area contributed by atoms with Gasteiger partial charge in [0.2, 0.25) is 5.90 Å². The van der Waals surface area contributed by atoms with Gasteiger partial charge in [0.25, 0.3) is 0 Å². The van der Waals surface area contributed by atoms with Crippen LogP contribution in [0.4, 0.5) is 0 Å². The van der Waals surface area contributed by atoms with Crippen molar-refractivity contribution in [2.45, 2.75) is 57.3 Å². The SMILES string of the molecule is COCCOCCOc1ccc(C2=N[C@H]([C@@H]3CC[C@H](C(=O)OC(C)(C)C)N3C)CO2)c(O)c1. The molecule has 0 saturated carbocycles. The van der Waals surface area contributed by atoms with E-state index in [2.05, 4.69) is 0 Å². The number of hydrogen-bond donors (Lipinski definition) is 1. The molecular weight excluding hydrogens is 428 g/mol. The Balaban J connectivity index is 1.56. The number of esters is 1. The number of hydrogen-bond acceptors (Lipinski definition) is 9. The van der Waals surface area contributed by atoms with Gasteiger partial charge in [-0.15, -0.1) is 0 Å². The van der Waals surface area contributed by atoms with Crippen molar-refractivity contribution in [1.82, 2.24) is 4.90 Å². The molecule has 1 aromatic carbocycles. The van der Waals surface area contributed by atoms with Crippen LogP contribution in [0.15, 0.2) is 23.2 Å². The summed E-state index contributed by atoms with van der Waals surface area (Å²) in [5.74, 6) is 0.782. The van der Waals surface area contributed by atoms with Crippen LogP contribution in [0.3, 0.4) is 0 Å². The highest BCUT2D eigenvalue weighted by Gasteiger charge is 2.42. The second-order valence-electron chi connectivity index (χ2n) is 9.30. The zero-order chi connectivity index (χ0) is 24.0. The molecule has 2 heterocycles. The average molecular weight is 465 g/mol. The molecule has 0 spiro atoms. The molecule has 3 atom stereocenters. The Kier molecular flexibility index (Phi) is 8.56. The lowest BCUT2D eigenvalue weighted by molar-refractivity contribution is -0.160. The van der Waals surface area contributed by atoms with Crippen molar-refractivity contribution >= 4 is 11.9 Å². The van der Waals surface area contributed by atoms with Gasteiger partial charge in [-0.1, -0.05) is 0 Å². The van der Waals surface area contributed by atoms with E-state index < -0.39 is 5.60 Å². The quantitative estimate of drug-likeness (QED) is 0.416. The van der Waals surface area contributed by atoms with Crippen molar-refractivity contribution in [2.24, 2.45) is 4.99 Å². The number of nitrogens with zero attached hydrogens (tertiary/aromatic N) is 2. The number of ether oxygens (including phenoxy) is 5. The third-order valence-corrected chi connectivity index (χ3v) is 5.68. The van der Waals surface area contributed by atoms with Gasteiger partial charge in [-0.25, -0.2) is 4.99 Å².